The molecule has 2 heterocycles. The Balaban J connectivity index is 1.81. The molecule has 2 aromatic rings. The van der Waals surface area contributed by atoms with Gasteiger partial charge in [-0.25, -0.2) is 22.0 Å². The van der Waals surface area contributed by atoms with Crippen LogP contribution in [-0.4, -0.2) is 60.0 Å². The van der Waals surface area contributed by atoms with Gasteiger partial charge in [0.25, 0.3) is 0 Å². The predicted molar refractivity (Wildman–Crippen MR) is 115 cm³/mol. The highest BCUT2D eigenvalue weighted by Crippen LogP contribution is 2.31. The smallest absolute Gasteiger partial charge is 0.247 e. The molecule has 1 saturated heterocycles. The van der Waals surface area contributed by atoms with Gasteiger partial charge in [0.2, 0.25) is 26.0 Å². The molecule has 0 bridgehead atoms. The Morgan fingerprint density at radius 2 is 1.90 bits per heavy atom. The number of anilines is 1. The minimum Gasteiger partial charge on any atom is -0.492 e. The molecule has 1 aromatic heterocycles. The van der Waals surface area contributed by atoms with Gasteiger partial charge in [-0.15, -0.1) is 11.3 Å². The van der Waals surface area contributed by atoms with E-state index < -0.39 is 26.0 Å². The molecule has 1 aromatic carbocycles. The lowest BCUT2D eigenvalue weighted by atomic mass is 10.2. The summed E-state index contributed by atoms with van der Waals surface area (Å²) >= 11 is 0.906. The molecule has 1 aliphatic rings. The van der Waals surface area contributed by atoms with E-state index in [2.05, 4.69) is 5.32 Å². The van der Waals surface area contributed by atoms with E-state index in [1.54, 1.807) is 13.0 Å². The van der Waals surface area contributed by atoms with Gasteiger partial charge in [-0.2, -0.15) is 4.31 Å². The van der Waals surface area contributed by atoms with Gasteiger partial charge in [0.05, 0.1) is 26.2 Å². The lowest BCUT2D eigenvalue weighted by Gasteiger charge is -2.27. The number of hydrogen-bond donors (Lipinski definition) is 2. The van der Waals surface area contributed by atoms with Crippen LogP contribution in [0.1, 0.15) is 11.8 Å². The topological polar surface area (TPSA) is 145 Å². The Bertz CT molecular complexity index is 1150. The van der Waals surface area contributed by atoms with Crippen LogP contribution in [0, 0.1) is 0 Å². The summed E-state index contributed by atoms with van der Waals surface area (Å²) in [7, 11) is -7.67. The third-order valence-corrected chi connectivity index (χ3v) is 8.81. The molecule has 31 heavy (non-hydrogen) atoms. The molecular weight excluding hydrogens is 466 g/mol. The van der Waals surface area contributed by atoms with Crippen molar-refractivity contribution in [1.82, 2.24) is 4.31 Å². The zero-order chi connectivity index (χ0) is 22.6. The number of nitrogens with two attached hydrogens (primary N) is 1. The van der Waals surface area contributed by atoms with Crippen molar-refractivity contribution in [2.45, 2.75) is 22.4 Å². The molecule has 0 aliphatic carbocycles. The highest BCUT2D eigenvalue weighted by atomic mass is 32.2. The number of ether oxygens (including phenoxy) is 2. The molecule has 0 radical (unpaired) electrons. The molecule has 0 spiro atoms. The Labute approximate surface area is 185 Å². The fraction of sp³-hybridized carbons (Fsp3) is 0.389. The first-order valence-electron chi connectivity index (χ1n) is 9.37. The first-order valence-corrected chi connectivity index (χ1v) is 13.2. The number of morpholine rings is 1. The molecule has 1 amide bonds. The third-order valence-electron chi connectivity index (χ3n) is 4.37. The molecule has 1 aliphatic heterocycles. The van der Waals surface area contributed by atoms with Crippen molar-refractivity contribution in [3.63, 3.8) is 0 Å². The van der Waals surface area contributed by atoms with Gasteiger partial charge in [-0.3, -0.25) is 4.79 Å². The Morgan fingerprint density at radius 3 is 2.52 bits per heavy atom. The van der Waals surface area contributed by atoms with Crippen molar-refractivity contribution >= 4 is 43.0 Å². The Hall–Kier alpha value is -2.03. The van der Waals surface area contributed by atoms with Crippen molar-refractivity contribution in [2.75, 3.05) is 38.2 Å². The van der Waals surface area contributed by atoms with Crippen LogP contribution in [0.2, 0.25) is 0 Å². The first-order chi connectivity index (χ1) is 14.6. The number of amides is 1. The van der Waals surface area contributed by atoms with Crippen molar-refractivity contribution in [3.8, 4) is 5.75 Å². The normalized spacial score (nSPS) is 15.5. The van der Waals surface area contributed by atoms with Crippen molar-refractivity contribution in [1.29, 1.82) is 0 Å². The van der Waals surface area contributed by atoms with Gasteiger partial charge in [-0.1, -0.05) is 0 Å². The Kier molecular flexibility index (Phi) is 7.34. The predicted octanol–water partition coefficient (Wildman–Crippen LogP) is 0.996. The molecule has 10 nitrogen and oxygen atoms in total. The highest BCUT2D eigenvalue weighted by molar-refractivity contribution is 7.91. The fourth-order valence-corrected chi connectivity index (χ4v) is 6.30. The van der Waals surface area contributed by atoms with E-state index in [0.717, 1.165) is 11.3 Å². The lowest BCUT2D eigenvalue weighted by Crippen LogP contribution is -2.40. The van der Waals surface area contributed by atoms with E-state index >= 15 is 0 Å². The van der Waals surface area contributed by atoms with Crippen molar-refractivity contribution in [2.24, 2.45) is 5.14 Å². The molecular formula is C18H23N3O7S3. The summed E-state index contributed by atoms with van der Waals surface area (Å²) in [5, 5.41) is 7.73. The van der Waals surface area contributed by atoms with Crippen LogP contribution in [-0.2, 0) is 36.0 Å². The van der Waals surface area contributed by atoms with Crippen LogP contribution in [0.3, 0.4) is 0 Å². The van der Waals surface area contributed by atoms with Crippen LogP contribution < -0.4 is 15.2 Å². The average Bonchev–Trinajstić information content (AvgIpc) is 3.19. The number of benzene rings is 1. The van der Waals surface area contributed by atoms with E-state index in [-0.39, 0.29) is 46.7 Å². The molecule has 3 N–H and O–H groups in total. The first kappa shape index (κ1) is 23.6. The minimum absolute atomic E-state index is 0.0322. The summed E-state index contributed by atoms with van der Waals surface area (Å²) < 4.78 is 61.0. The van der Waals surface area contributed by atoms with Gasteiger partial charge < -0.3 is 14.8 Å². The summed E-state index contributed by atoms with van der Waals surface area (Å²) in [6.45, 7) is 3.10. The summed E-state index contributed by atoms with van der Waals surface area (Å²) in [6.07, 6.45) is -0.0844. The monoisotopic (exact) mass is 489 g/mol. The lowest BCUT2D eigenvalue weighted by molar-refractivity contribution is -0.115. The number of primary sulfonamides is 1. The van der Waals surface area contributed by atoms with Gasteiger partial charge in [-0.05, 0) is 37.3 Å². The summed E-state index contributed by atoms with van der Waals surface area (Å²) in [6, 6.07) is 7.25. The van der Waals surface area contributed by atoms with E-state index in [1.807, 2.05) is 0 Å². The van der Waals surface area contributed by atoms with Gasteiger partial charge in [0.15, 0.2) is 0 Å². The second-order valence-corrected chi connectivity index (χ2v) is 11.5. The maximum absolute atomic E-state index is 13.1. The molecule has 0 atom stereocenters. The zero-order valence-corrected chi connectivity index (χ0v) is 19.2. The zero-order valence-electron chi connectivity index (χ0n) is 16.7. The van der Waals surface area contributed by atoms with Crippen molar-refractivity contribution in [3.05, 3.63) is 35.2 Å². The van der Waals surface area contributed by atoms with Crippen molar-refractivity contribution < 1.29 is 31.1 Å². The maximum Gasteiger partial charge on any atom is 0.247 e. The van der Waals surface area contributed by atoms with E-state index in [4.69, 9.17) is 14.6 Å². The molecule has 0 saturated carbocycles. The number of nitrogens with zero attached hydrogens (tertiary/aromatic N) is 1. The molecule has 1 fully saturated rings. The molecule has 3 rings (SSSR count). The Morgan fingerprint density at radius 1 is 1.19 bits per heavy atom. The number of carbonyl (C=O) groups excluding carboxylic acids is 1. The number of thiophene rings is 1. The number of nitrogens with one attached hydrogen (secondary N) is 1. The molecule has 0 unspecified atom stereocenters. The van der Waals surface area contributed by atoms with E-state index in [9.17, 15) is 21.6 Å². The minimum atomic E-state index is -3.85. The summed E-state index contributed by atoms with van der Waals surface area (Å²) in [5.41, 5.74) is 0.281. The number of hydrogen-bond acceptors (Lipinski definition) is 8. The van der Waals surface area contributed by atoms with Crippen LogP contribution in [0.5, 0.6) is 5.75 Å². The fourth-order valence-electron chi connectivity index (χ4n) is 2.96. The summed E-state index contributed by atoms with van der Waals surface area (Å²) in [5.74, 6) is -0.232. The van der Waals surface area contributed by atoms with E-state index in [0.29, 0.717) is 18.1 Å². The van der Waals surface area contributed by atoms with Gasteiger partial charge in [0.1, 0.15) is 14.9 Å². The second kappa shape index (κ2) is 9.63. The van der Waals surface area contributed by atoms with Crippen LogP contribution in [0.15, 0.2) is 39.4 Å². The number of rotatable bonds is 8. The molecule has 170 valence electrons. The third kappa shape index (κ3) is 5.81. The largest absolute Gasteiger partial charge is 0.492 e. The quantitative estimate of drug-likeness (QED) is 0.562. The number of sulfonamides is 2. The van der Waals surface area contributed by atoms with Crippen LogP contribution in [0.25, 0.3) is 0 Å². The summed E-state index contributed by atoms with van der Waals surface area (Å²) in [4.78, 5) is 12.9. The van der Waals surface area contributed by atoms with Gasteiger partial charge >= 0.3 is 0 Å². The maximum atomic E-state index is 13.1. The van der Waals surface area contributed by atoms with Crippen LogP contribution >= 0.6 is 11.3 Å². The number of carbonyl (C=O) groups is 1. The highest BCUT2D eigenvalue weighted by Gasteiger charge is 2.30. The average molecular weight is 490 g/mol. The standard InChI is InChI=1S/C18H23N3O7S3/c1-2-28-15-5-3-13(11-16(15)31(25,26)21-7-9-27-10-8-21)20-17(22)12-14-4-6-18(29-14)30(19,23)24/h3-6,11H,2,7-10,12H2,1H3,(H,20,22)(H2,19,23,24). The molecule has 13 heteroatoms. The van der Waals surface area contributed by atoms with Crippen LogP contribution in [0.4, 0.5) is 5.69 Å². The SMILES string of the molecule is CCOc1ccc(NC(=O)Cc2ccc(S(N)(=O)=O)s2)cc1S(=O)(=O)N1CCOCC1. The van der Waals surface area contributed by atoms with E-state index in [1.165, 1.54) is 28.6 Å². The van der Waals surface area contributed by atoms with Gasteiger partial charge in [0, 0.05) is 23.7 Å². The second-order valence-electron chi connectivity index (χ2n) is 6.60.